The van der Waals surface area contributed by atoms with E-state index in [-0.39, 0.29) is 22.4 Å². The highest BCUT2D eigenvalue weighted by molar-refractivity contribution is 7.93. The highest BCUT2D eigenvalue weighted by Crippen LogP contribution is 2.22. The molecule has 0 aliphatic rings. The van der Waals surface area contributed by atoms with Gasteiger partial charge in [0.2, 0.25) is 5.91 Å². The van der Waals surface area contributed by atoms with Crippen molar-refractivity contribution < 1.29 is 17.9 Å². The van der Waals surface area contributed by atoms with E-state index in [0.29, 0.717) is 29.4 Å². The van der Waals surface area contributed by atoms with Gasteiger partial charge in [0.25, 0.3) is 10.0 Å². The Labute approximate surface area is 184 Å². The van der Waals surface area contributed by atoms with Crippen LogP contribution in [0.5, 0.6) is 5.75 Å². The molecular formula is C20H20ClN3O4S2. The number of thiazole rings is 1. The summed E-state index contributed by atoms with van der Waals surface area (Å²) in [5.41, 5.74) is 1.48. The third kappa shape index (κ3) is 5.94. The standard InChI is InChI=1S/C20H20ClN3O4S2/c1-28-16-7-9-17(10-8-16)30(26,27)24-20-23-15(13-29-20)6-11-19(25)22-12-14-4-2-3-5-18(14)21/h2-5,7-10,13H,6,11-12H2,1H3,(H,22,25)(H,23,24). The number of methoxy groups -OCH3 is 1. The highest BCUT2D eigenvalue weighted by Gasteiger charge is 2.16. The van der Waals surface area contributed by atoms with Crippen molar-refractivity contribution in [2.45, 2.75) is 24.3 Å². The Bertz CT molecular complexity index is 1120. The van der Waals surface area contributed by atoms with Crippen molar-refractivity contribution >= 4 is 44.0 Å². The molecule has 0 unspecified atom stereocenters. The van der Waals surface area contributed by atoms with Crippen LogP contribution in [-0.4, -0.2) is 26.4 Å². The van der Waals surface area contributed by atoms with Crippen molar-refractivity contribution in [1.82, 2.24) is 10.3 Å². The Morgan fingerprint density at radius 1 is 1.17 bits per heavy atom. The first-order valence-corrected chi connectivity index (χ1v) is 11.7. The fraction of sp³-hybridized carbons (Fsp3) is 0.200. The monoisotopic (exact) mass is 465 g/mol. The smallest absolute Gasteiger partial charge is 0.263 e. The van der Waals surface area contributed by atoms with Gasteiger partial charge in [-0.3, -0.25) is 9.52 Å². The van der Waals surface area contributed by atoms with E-state index in [1.165, 1.54) is 30.6 Å². The first-order valence-electron chi connectivity index (χ1n) is 8.99. The Morgan fingerprint density at radius 2 is 1.90 bits per heavy atom. The predicted octanol–water partition coefficient (Wildman–Crippen LogP) is 3.85. The molecule has 0 saturated carbocycles. The molecule has 3 aromatic rings. The quantitative estimate of drug-likeness (QED) is 0.500. The van der Waals surface area contributed by atoms with Gasteiger partial charge in [-0.2, -0.15) is 0 Å². The summed E-state index contributed by atoms with van der Waals surface area (Å²) in [5, 5.41) is 5.40. The number of aromatic nitrogens is 1. The normalized spacial score (nSPS) is 11.1. The Hall–Kier alpha value is -2.62. The summed E-state index contributed by atoms with van der Waals surface area (Å²) in [6, 6.07) is 13.4. The lowest BCUT2D eigenvalue weighted by Gasteiger charge is -2.06. The van der Waals surface area contributed by atoms with E-state index in [2.05, 4.69) is 15.0 Å². The van der Waals surface area contributed by atoms with Crippen molar-refractivity contribution in [3.8, 4) is 5.75 Å². The lowest BCUT2D eigenvalue weighted by atomic mass is 10.2. The van der Waals surface area contributed by atoms with Gasteiger partial charge in [0.15, 0.2) is 5.13 Å². The van der Waals surface area contributed by atoms with Gasteiger partial charge >= 0.3 is 0 Å². The summed E-state index contributed by atoms with van der Waals surface area (Å²) in [6.45, 7) is 0.350. The molecule has 0 saturated heterocycles. The average Bonchev–Trinajstić information content (AvgIpc) is 3.18. The minimum absolute atomic E-state index is 0.110. The van der Waals surface area contributed by atoms with Gasteiger partial charge in [-0.15, -0.1) is 11.3 Å². The Morgan fingerprint density at radius 3 is 2.60 bits per heavy atom. The summed E-state index contributed by atoms with van der Waals surface area (Å²) in [7, 11) is -2.24. The van der Waals surface area contributed by atoms with Gasteiger partial charge in [-0.25, -0.2) is 13.4 Å². The number of nitrogens with one attached hydrogen (secondary N) is 2. The molecule has 158 valence electrons. The van der Waals surface area contributed by atoms with E-state index in [0.717, 1.165) is 5.56 Å². The lowest BCUT2D eigenvalue weighted by Crippen LogP contribution is -2.23. The van der Waals surface area contributed by atoms with Crippen LogP contribution >= 0.6 is 22.9 Å². The van der Waals surface area contributed by atoms with Gasteiger partial charge in [-0.1, -0.05) is 29.8 Å². The summed E-state index contributed by atoms with van der Waals surface area (Å²) >= 11 is 7.24. The number of benzene rings is 2. The zero-order valence-corrected chi connectivity index (χ0v) is 18.5. The molecule has 0 aliphatic carbocycles. The van der Waals surface area contributed by atoms with E-state index in [9.17, 15) is 13.2 Å². The van der Waals surface area contributed by atoms with E-state index >= 15 is 0 Å². The van der Waals surface area contributed by atoms with Crippen molar-refractivity contribution in [3.63, 3.8) is 0 Å². The second kappa shape index (κ2) is 9.92. The number of hydrogen-bond acceptors (Lipinski definition) is 6. The van der Waals surface area contributed by atoms with Gasteiger partial charge < -0.3 is 10.1 Å². The number of halogens is 1. The van der Waals surface area contributed by atoms with Crippen molar-refractivity contribution in [1.29, 1.82) is 0 Å². The van der Waals surface area contributed by atoms with Gasteiger partial charge in [0.05, 0.1) is 17.7 Å². The molecule has 2 aromatic carbocycles. The molecule has 10 heteroatoms. The van der Waals surface area contributed by atoms with Gasteiger partial charge in [0, 0.05) is 23.4 Å². The van der Waals surface area contributed by atoms with Crippen LogP contribution in [0.4, 0.5) is 5.13 Å². The van der Waals surface area contributed by atoms with Crippen LogP contribution in [-0.2, 0) is 27.8 Å². The molecule has 0 spiro atoms. The average molecular weight is 466 g/mol. The van der Waals surface area contributed by atoms with Crippen LogP contribution in [0, 0.1) is 0 Å². The molecule has 7 nitrogen and oxygen atoms in total. The molecule has 0 atom stereocenters. The molecule has 0 bridgehead atoms. The second-order valence-electron chi connectivity index (χ2n) is 6.29. The van der Waals surface area contributed by atoms with Crippen LogP contribution in [0.15, 0.2) is 58.8 Å². The molecule has 1 amide bonds. The van der Waals surface area contributed by atoms with Crippen LogP contribution in [0.1, 0.15) is 17.7 Å². The largest absolute Gasteiger partial charge is 0.497 e. The second-order valence-corrected chi connectivity index (χ2v) is 9.24. The predicted molar refractivity (Wildman–Crippen MR) is 118 cm³/mol. The SMILES string of the molecule is COc1ccc(S(=O)(=O)Nc2nc(CCC(=O)NCc3ccccc3Cl)cs2)cc1. The zero-order valence-electron chi connectivity index (χ0n) is 16.1. The molecule has 30 heavy (non-hydrogen) atoms. The fourth-order valence-electron chi connectivity index (χ4n) is 2.56. The third-order valence-corrected chi connectivity index (χ3v) is 6.84. The first kappa shape index (κ1) is 22.1. The molecule has 0 radical (unpaired) electrons. The third-order valence-electron chi connectivity index (χ3n) is 4.19. The molecule has 1 heterocycles. The molecule has 2 N–H and O–H groups in total. The minimum Gasteiger partial charge on any atom is -0.497 e. The summed E-state index contributed by atoms with van der Waals surface area (Å²) in [6.07, 6.45) is 0.633. The van der Waals surface area contributed by atoms with Crippen molar-refractivity contribution in [3.05, 3.63) is 70.2 Å². The van der Waals surface area contributed by atoms with Gasteiger partial charge in [0.1, 0.15) is 5.75 Å². The molecule has 0 fully saturated rings. The van der Waals surface area contributed by atoms with Crippen LogP contribution in [0.2, 0.25) is 5.02 Å². The number of carbonyl (C=O) groups is 1. The van der Waals surface area contributed by atoms with Crippen molar-refractivity contribution in [2.24, 2.45) is 0 Å². The fourth-order valence-corrected chi connectivity index (χ4v) is 4.76. The topological polar surface area (TPSA) is 97.4 Å². The molecule has 0 aliphatic heterocycles. The Kier molecular flexibility index (Phi) is 7.30. The highest BCUT2D eigenvalue weighted by atomic mass is 35.5. The number of carbonyl (C=O) groups excluding carboxylic acids is 1. The summed E-state index contributed by atoms with van der Waals surface area (Å²) in [4.78, 5) is 16.4. The maximum Gasteiger partial charge on any atom is 0.263 e. The number of aryl methyl sites for hydroxylation is 1. The molecule has 3 rings (SSSR count). The maximum absolute atomic E-state index is 12.5. The lowest BCUT2D eigenvalue weighted by molar-refractivity contribution is -0.121. The van der Waals surface area contributed by atoms with E-state index < -0.39 is 10.0 Å². The summed E-state index contributed by atoms with van der Waals surface area (Å²) in [5.74, 6) is 0.432. The van der Waals surface area contributed by atoms with Crippen LogP contribution < -0.4 is 14.8 Å². The molecule has 1 aromatic heterocycles. The minimum atomic E-state index is -3.75. The number of ether oxygens (including phenoxy) is 1. The number of rotatable bonds is 9. The number of hydrogen-bond donors (Lipinski definition) is 2. The van der Waals surface area contributed by atoms with E-state index in [4.69, 9.17) is 16.3 Å². The van der Waals surface area contributed by atoms with Crippen LogP contribution in [0.3, 0.4) is 0 Å². The van der Waals surface area contributed by atoms with E-state index in [1.54, 1.807) is 23.6 Å². The number of sulfonamides is 1. The van der Waals surface area contributed by atoms with Crippen molar-refractivity contribution in [2.75, 3.05) is 11.8 Å². The number of anilines is 1. The number of nitrogens with zero attached hydrogens (tertiary/aromatic N) is 1. The number of amides is 1. The van der Waals surface area contributed by atoms with Gasteiger partial charge in [-0.05, 0) is 42.3 Å². The zero-order chi connectivity index (χ0) is 21.6. The first-order chi connectivity index (χ1) is 14.4. The van der Waals surface area contributed by atoms with E-state index in [1.807, 2.05) is 18.2 Å². The van der Waals surface area contributed by atoms with Crippen LogP contribution in [0.25, 0.3) is 0 Å². The molecular weight excluding hydrogens is 446 g/mol. The maximum atomic E-state index is 12.5. The Balaban J connectivity index is 1.52. The summed E-state index contributed by atoms with van der Waals surface area (Å²) < 4.78 is 32.4.